The number of halogens is 6. The molecule has 0 unspecified atom stereocenters. The van der Waals surface area contributed by atoms with Crippen LogP contribution in [0.15, 0.2) is 47.1 Å². The van der Waals surface area contributed by atoms with Crippen molar-refractivity contribution in [2.75, 3.05) is 0 Å². The van der Waals surface area contributed by atoms with Gasteiger partial charge in [-0.05, 0) is 67.9 Å². The first-order valence-electron chi connectivity index (χ1n) is 13.1. The summed E-state index contributed by atoms with van der Waals surface area (Å²) < 4.78 is 77.7. The van der Waals surface area contributed by atoms with Crippen LogP contribution < -0.4 is 0 Å². The first kappa shape index (κ1) is 30.5. The van der Waals surface area contributed by atoms with Gasteiger partial charge in [-0.1, -0.05) is 61.6 Å². The van der Waals surface area contributed by atoms with Gasteiger partial charge in [0.2, 0.25) is 0 Å². The van der Waals surface area contributed by atoms with Crippen LogP contribution in [0.4, 0.5) is 26.3 Å². The van der Waals surface area contributed by atoms with Gasteiger partial charge in [0.25, 0.3) is 0 Å². The van der Waals surface area contributed by atoms with Crippen molar-refractivity contribution in [3.63, 3.8) is 0 Å². The minimum Gasteiger partial charge on any atom is -0.393 e. The molecule has 2 fully saturated rings. The van der Waals surface area contributed by atoms with Crippen LogP contribution in [-0.2, 0) is 0 Å². The third-order valence-electron chi connectivity index (χ3n) is 8.02. The summed E-state index contributed by atoms with van der Waals surface area (Å²) in [6.07, 6.45) is -0.326. The normalized spacial score (nSPS) is 27.3. The number of hydrogen-bond acceptors (Lipinski definition) is 3. The molecule has 38 heavy (non-hydrogen) atoms. The molecule has 9 heteroatoms. The van der Waals surface area contributed by atoms with Crippen LogP contribution in [0.1, 0.15) is 77.6 Å². The van der Waals surface area contributed by atoms with Crippen molar-refractivity contribution in [1.29, 1.82) is 0 Å². The molecule has 0 amide bonds. The Kier molecular flexibility index (Phi) is 9.33. The standard InChI is InChI=1S/C29H36F6O3/c1-3-4-5-7-20(8-9-21-17-24(36)18-25(37)19(21)2)22-10-11-23(16-22)26(14-15-26)12-6-13-27(38,28(30,31)32)29(33,34)35/h8-9,11,22,24-25,36-38H,2-5,7,10,12,14-18H2,1H3/b20-8+,21-9-/t22-,24-,25+/m1/s1. The molecule has 3 aliphatic rings. The van der Waals surface area contributed by atoms with Crippen LogP contribution in [0.3, 0.4) is 0 Å². The van der Waals surface area contributed by atoms with Crippen molar-refractivity contribution in [2.24, 2.45) is 11.3 Å². The average Bonchev–Trinajstić information content (AvgIpc) is 3.43. The topological polar surface area (TPSA) is 60.7 Å². The fourth-order valence-corrected chi connectivity index (χ4v) is 5.31. The van der Waals surface area contributed by atoms with Crippen LogP contribution in [-0.4, -0.2) is 45.5 Å². The van der Waals surface area contributed by atoms with E-state index in [0.717, 1.165) is 42.7 Å². The van der Waals surface area contributed by atoms with Gasteiger partial charge in [-0.15, -0.1) is 0 Å². The van der Waals surface area contributed by atoms with Gasteiger partial charge in [0, 0.05) is 18.3 Å². The van der Waals surface area contributed by atoms with Gasteiger partial charge >= 0.3 is 18.0 Å². The number of rotatable bonds is 8. The van der Waals surface area contributed by atoms with Crippen molar-refractivity contribution in [2.45, 2.75) is 108 Å². The fourth-order valence-electron chi connectivity index (χ4n) is 5.31. The number of allylic oxidation sites excluding steroid dienone is 5. The second-order valence-corrected chi connectivity index (χ2v) is 10.9. The van der Waals surface area contributed by atoms with Crippen molar-refractivity contribution < 1.29 is 41.7 Å². The summed E-state index contributed by atoms with van der Waals surface area (Å²) in [4.78, 5) is 0. The smallest absolute Gasteiger partial charge is 0.393 e. The molecule has 3 aliphatic carbocycles. The summed E-state index contributed by atoms with van der Waals surface area (Å²) in [6, 6.07) is 0. The molecule has 3 nitrogen and oxygen atoms in total. The van der Waals surface area contributed by atoms with E-state index in [0.29, 0.717) is 37.7 Å². The highest BCUT2D eigenvalue weighted by Gasteiger charge is 2.70. The first-order valence-corrected chi connectivity index (χ1v) is 13.1. The number of aliphatic hydroxyl groups excluding tert-OH is 2. The molecule has 0 aromatic rings. The zero-order valence-electron chi connectivity index (χ0n) is 21.6. The van der Waals surface area contributed by atoms with Crippen molar-refractivity contribution in [3.8, 4) is 11.8 Å². The van der Waals surface area contributed by atoms with Crippen molar-refractivity contribution in [3.05, 3.63) is 47.1 Å². The molecule has 0 aliphatic heterocycles. The lowest BCUT2D eigenvalue weighted by Gasteiger charge is -2.27. The van der Waals surface area contributed by atoms with Crippen molar-refractivity contribution in [1.82, 2.24) is 0 Å². The van der Waals surface area contributed by atoms with Gasteiger partial charge in [-0.25, -0.2) is 0 Å². The van der Waals surface area contributed by atoms with Gasteiger partial charge < -0.3 is 15.3 Å². The third-order valence-corrected chi connectivity index (χ3v) is 8.02. The summed E-state index contributed by atoms with van der Waals surface area (Å²) in [6.45, 7) is 6.05. The maximum absolute atomic E-state index is 13.0. The average molecular weight is 547 g/mol. The number of unbranched alkanes of at least 4 members (excludes halogenated alkanes) is 2. The van der Waals surface area contributed by atoms with Crippen LogP contribution in [0.25, 0.3) is 0 Å². The second kappa shape index (κ2) is 11.6. The maximum Gasteiger partial charge on any atom is 0.438 e. The Morgan fingerprint density at radius 3 is 2.34 bits per heavy atom. The molecular weight excluding hydrogens is 510 g/mol. The summed E-state index contributed by atoms with van der Waals surface area (Å²) in [7, 11) is 0. The summed E-state index contributed by atoms with van der Waals surface area (Å²) >= 11 is 0. The molecule has 212 valence electrons. The fraction of sp³-hybridized carbons (Fsp3) is 0.655. The number of aliphatic hydroxyl groups is 3. The lowest BCUT2D eigenvalue weighted by Crippen LogP contribution is -2.55. The van der Waals surface area contributed by atoms with Gasteiger partial charge in [0.15, 0.2) is 0 Å². The zero-order chi connectivity index (χ0) is 28.4. The Balaban J connectivity index is 1.75. The first-order chi connectivity index (χ1) is 17.6. The Bertz CT molecular complexity index is 1020. The number of alkyl halides is 6. The van der Waals surface area contributed by atoms with E-state index in [1.807, 2.05) is 24.1 Å². The van der Waals surface area contributed by atoms with E-state index in [9.17, 15) is 41.7 Å². The van der Waals surface area contributed by atoms with Gasteiger partial charge in [-0.2, -0.15) is 26.3 Å². The highest BCUT2D eigenvalue weighted by atomic mass is 19.4. The molecule has 0 bridgehead atoms. The SMILES string of the molecule is C=C1/C(=C\C=C(/CCCCC)[C@@H]2CC=C(C3(CC#CC(O)(C(F)(F)F)C(F)(F)F)CC3)C2)C[C@@H](O)C[C@@H]1O. The quantitative estimate of drug-likeness (QED) is 0.135. The molecule has 0 radical (unpaired) electrons. The third kappa shape index (κ3) is 6.75. The summed E-state index contributed by atoms with van der Waals surface area (Å²) in [5.74, 6) is 3.27. The molecule has 3 rings (SSSR count). The highest BCUT2D eigenvalue weighted by Crippen LogP contribution is 2.59. The van der Waals surface area contributed by atoms with Gasteiger partial charge in [-0.3, -0.25) is 0 Å². The minimum absolute atomic E-state index is 0.151. The lowest BCUT2D eigenvalue weighted by atomic mass is 9.84. The number of hydrogen-bond donors (Lipinski definition) is 3. The largest absolute Gasteiger partial charge is 0.438 e. The van der Waals surface area contributed by atoms with Crippen LogP contribution in [0.2, 0.25) is 0 Å². The van der Waals surface area contributed by atoms with Crippen LogP contribution in [0, 0.1) is 23.2 Å². The molecule has 0 aromatic heterocycles. The van der Waals surface area contributed by atoms with E-state index < -0.39 is 35.6 Å². The molecular formula is C29H36F6O3. The van der Waals surface area contributed by atoms with E-state index >= 15 is 0 Å². The van der Waals surface area contributed by atoms with Gasteiger partial charge in [0.05, 0.1) is 12.2 Å². The predicted octanol–water partition coefficient (Wildman–Crippen LogP) is 6.86. The molecule has 0 spiro atoms. The lowest BCUT2D eigenvalue weighted by molar-refractivity contribution is -0.343. The van der Waals surface area contributed by atoms with E-state index in [1.165, 1.54) is 5.57 Å². The molecule has 0 saturated heterocycles. The van der Waals surface area contributed by atoms with E-state index in [-0.39, 0.29) is 18.8 Å². The molecule has 2 saturated carbocycles. The Morgan fingerprint density at radius 2 is 1.76 bits per heavy atom. The Labute approximate surface area is 220 Å². The van der Waals surface area contributed by atoms with Crippen molar-refractivity contribution >= 4 is 0 Å². The van der Waals surface area contributed by atoms with Crippen LogP contribution in [0.5, 0.6) is 0 Å². The molecule has 0 heterocycles. The molecule has 3 N–H and O–H groups in total. The minimum atomic E-state index is -5.95. The van der Waals surface area contributed by atoms with Gasteiger partial charge in [0.1, 0.15) is 0 Å². The second-order valence-electron chi connectivity index (χ2n) is 10.9. The highest BCUT2D eigenvalue weighted by molar-refractivity contribution is 5.39. The zero-order valence-corrected chi connectivity index (χ0v) is 21.6. The molecule has 3 atom stereocenters. The summed E-state index contributed by atoms with van der Waals surface area (Å²) in [5.41, 5.74) is -2.01. The van der Waals surface area contributed by atoms with E-state index in [1.54, 1.807) is 0 Å². The van der Waals surface area contributed by atoms with E-state index in [4.69, 9.17) is 0 Å². The Morgan fingerprint density at radius 1 is 1.11 bits per heavy atom. The summed E-state index contributed by atoms with van der Waals surface area (Å²) in [5, 5.41) is 29.5. The monoisotopic (exact) mass is 546 g/mol. The Hall–Kier alpha value is -2.02. The van der Waals surface area contributed by atoms with E-state index in [2.05, 4.69) is 13.5 Å². The predicted molar refractivity (Wildman–Crippen MR) is 133 cm³/mol. The van der Waals surface area contributed by atoms with Crippen LogP contribution >= 0.6 is 0 Å². The maximum atomic E-state index is 13.0. The molecule has 0 aromatic carbocycles.